The van der Waals surface area contributed by atoms with Crippen LogP contribution in [0.25, 0.3) is 10.6 Å². The predicted octanol–water partition coefficient (Wildman–Crippen LogP) is 4.43. The Balaban J connectivity index is 0.00000225. The van der Waals surface area contributed by atoms with E-state index in [2.05, 4.69) is 15.2 Å². The first kappa shape index (κ1) is 20.2. The van der Waals surface area contributed by atoms with Crippen molar-refractivity contribution in [2.75, 3.05) is 20.1 Å². The van der Waals surface area contributed by atoms with Crippen molar-refractivity contribution in [1.82, 2.24) is 15.2 Å². The Morgan fingerprint density at radius 2 is 2.00 bits per heavy atom. The number of likely N-dealkylation sites (N-methyl/N-ethyl adjacent to an activating group) is 1. The highest BCUT2D eigenvalue weighted by atomic mass is 35.5. The fraction of sp³-hybridized carbons (Fsp3) is 0.471. The molecular formula is C17H21ClF3N3S. The third-order valence-corrected chi connectivity index (χ3v) is 5.25. The second kappa shape index (κ2) is 8.49. The number of alkyl halides is 3. The van der Waals surface area contributed by atoms with Gasteiger partial charge in [-0.2, -0.15) is 13.2 Å². The zero-order valence-corrected chi connectivity index (χ0v) is 15.5. The maximum Gasteiger partial charge on any atom is 0.416 e. The lowest BCUT2D eigenvalue weighted by Crippen LogP contribution is -2.43. The molecule has 0 bridgehead atoms. The number of piperidine rings is 1. The van der Waals surface area contributed by atoms with Crippen molar-refractivity contribution < 1.29 is 13.2 Å². The first-order valence-corrected chi connectivity index (χ1v) is 8.85. The Labute approximate surface area is 155 Å². The second-order valence-electron chi connectivity index (χ2n) is 6.08. The van der Waals surface area contributed by atoms with Gasteiger partial charge in [-0.1, -0.05) is 12.1 Å². The van der Waals surface area contributed by atoms with E-state index in [1.54, 1.807) is 0 Å². The average molecular weight is 392 g/mol. The predicted molar refractivity (Wildman–Crippen MR) is 97.2 cm³/mol. The summed E-state index contributed by atoms with van der Waals surface area (Å²) in [5.74, 6) is 0. The molecule has 1 aromatic heterocycles. The Hall–Kier alpha value is -1.15. The van der Waals surface area contributed by atoms with Crippen molar-refractivity contribution in [3.8, 4) is 10.6 Å². The number of halogens is 4. The maximum absolute atomic E-state index is 12.6. The summed E-state index contributed by atoms with van der Waals surface area (Å²) in [6, 6.07) is 5.72. The topological polar surface area (TPSA) is 28.2 Å². The van der Waals surface area contributed by atoms with Gasteiger partial charge in [0, 0.05) is 30.1 Å². The van der Waals surface area contributed by atoms with E-state index in [0.717, 1.165) is 48.0 Å². The Bertz CT molecular complexity index is 673. The lowest BCUT2D eigenvalue weighted by atomic mass is 10.1. The van der Waals surface area contributed by atoms with Crippen molar-refractivity contribution in [2.24, 2.45) is 0 Å². The molecule has 1 aliphatic rings. The normalized spacial score (nSPS) is 18.8. The van der Waals surface area contributed by atoms with Crippen molar-refractivity contribution in [3.63, 3.8) is 0 Å². The number of rotatable bonds is 4. The number of hydrogen-bond donors (Lipinski definition) is 1. The summed E-state index contributed by atoms with van der Waals surface area (Å²) < 4.78 is 37.9. The van der Waals surface area contributed by atoms with Crippen molar-refractivity contribution in [3.05, 3.63) is 40.9 Å². The fourth-order valence-corrected chi connectivity index (χ4v) is 3.79. The molecule has 0 radical (unpaired) electrons. The first-order valence-electron chi connectivity index (χ1n) is 7.97. The second-order valence-corrected chi connectivity index (χ2v) is 6.94. The molecule has 138 valence electrons. The quantitative estimate of drug-likeness (QED) is 0.835. The van der Waals surface area contributed by atoms with Gasteiger partial charge in [0.05, 0.1) is 11.3 Å². The molecule has 1 aliphatic heterocycles. The maximum atomic E-state index is 12.6. The lowest BCUT2D eigenvalue weighted by Gasteiger charge is -2.31. The van der Waals surface area contributed by atoms with Crippen LogP contribution in [0.4, 0.5) is 13.2 Å². The number of thiazole rings is 1. The SMILES string of the molecule is CNC1CCCN(Cc2csc(-c3ccc(C(F)(F)F)cc3)n2)C1.Cl. The van der Waals surface area contributed by atoms with Gasteiger partial charge in [-0.05, 0) is 38.6 Å². The summed E-state index contributed by atoms with van der Waals surface area (Å²) in [5, 5.41) is 6.08. The van der Waals surface area contributed by atoms with Crippen LogP contribution in [0, 0.1) is 0 Å². The molecule has 1 aromatic carbocycles. The van der Waals surface area contributed by atoms with Gasteiger partial charge in [0.25, 0.3) is 0 Å². The molecule has 1 unspecified atom stereocenters. The largest absolute Gasteiger partial charge is 0.416 e. The van der Waals surface area contributed by atoms with E-state index in [9.17, 15) is 13.2 Å². The van der Waals surface area contributed by atoms with Gasteiger partial charge in [0.15, 0.2) is 0 Å². The minimum Gasteiger partial charge on any atom is -0.316 e. The third-order valence-electron chi connectivity index (χ3n) is 4.31. The van der Waals surface area contributed by atoms with Gasteiger partial charge in [0.2, 0.25) is 0 Å². The minimum atomic E-state index is -4.30. The summed E-state index contributed by atoms with van der Waals surface area (Å²) in [6.07, 6.45) is -1.94. The molecular weight excluding hydrogens is 371 g/mol. The van der Waals surface area contributed by atoms with Crippen molar-refractivity contribution in [2.45, 2.75) is 31.6 Å². The Kier molecular flexibility index (Phi) is 6.85. The molecule has 2 aromatic rings. The molecule has 1 saturated heterocycles. The molecule has 1 fully saturated rings. The number of hydrogen-bond acceptors (Lipinski definition) is 4. The van der Waals surface area contributed by atoms with Crippen LogP contribution in [0.3, 0.4) is 0 Å². The minimum absolute atomic E-state index is 0. The van der Waals surface area contributed by atoms with E-state index in [4.69, 9.17) is 0 Å². The zero-order chi connectivity index (χ0) is 17.2. The lowest BCUT2D eigenvalue weighted by molar-refractivity contribution is -0.137. The van der Waals surface area contributed by atoms with Crippen LogP contribution < -0.4 is 5.32 Å². The van der Waals surface area contributed by atoms with E-state index in [-0.39, 0.29) is 12.4 Å². The van der Waals surface area contributed by atoms with Crippen LogP contribution in [0.5, 0.6) is 0 Å². The van der Waals surface area contributed by atoms with Crippen LogP contribution in [0.1, 0.15) is 24.1 Å². The molecule has 3 nitrogen and oxygen atoms in total. The van der Waals surface area contributed by atoms with Gasteiger partial charge in [-0.3, -0.25) is 4.90 Å². The van der Waals surface area contributed by atoms with E-state index in [1.807, 2.05) is 12.4 Å². The molecule has 0 spiro atoms. The number of nitrogens with zero attached hydrogens (tertiary/aromatic N) is 2. The molecule has 1 N–H and O–H groups in total. The van der Waals surface area contributed by atoms with Gasteiger partial charge < -0.3 is 5.32 Å². The van der Waals surface area contributed by atoms with Gasteiger partial charge >= 0.3 is 6.18 Å². The van der Waals surface area contributed by atoms with Gasteiger partial charge in [-0.15, -0.1) is 23.7 Å². The molecule has 0 saturated carbocycles. The van der Waals surface area contributed by atoms with Crippen LogP contribution in [-0.4, -0.2) is 36.1 Å². The molecule has 0 aliphatic carbocycles. The fourth-order valence-electron chi connectivity index (χ4n) is 2.98. The Morgan fingerprint density at radius 1 is 1.28 bits per heavy atom. The van der Waals surface area contributed by atoms with Crippen LogP contribution in [0.2, 0.25) is 0 Å². The van der Waals surface area contributed by atoms with Crippen molar-refractivity contribution >= 4 is 23.7 Å². The first-order chi connectivity index (χ1) is 11.5. The smallest absolute Gasteiger partial charge is 0.316 e. The summed E-state index contributed by atoms with van der Waals surface area (Å²) in [6.45, 7) is 2.85. The zero-order valence-electron chi connectivity index (χ0n) is 13.8. The third kappa shape index (κ3) is 5.17. The van der Waals surface area contributed by atoms with E-state index >= 15 is 0 Å². The van der Waals surface area contributed by atoms with Crippen LogP contribution in [0.15, 0.2) is 29.6 Å². The number of likely N-dealkylation sites (tertiary alicyclic amines) is 1. The van der Waals surface area contributed by atoms with Gasteiger partial charge in [0.1, 0.15) is 5.01 Å². The highest BCUT2D eigenvalue weighted by Gasteiger charge is 2.30. The molecule has 2 heterocycles. The highest BCUT2D eigenvalue weighted by Crippen LogP contribution is 2.32. The summed E-state index contributed by atoms with van der Waals surface area (Å²) in [7, 11) is 1.99. The summed E-state index contributed by atoms with van der Waals surface area (Å²) >= 11 is 1.48. The van der Waals surface area contributed by atoms with E-state index < -0.39 is 11.7 Å². The molecule has 0 amide bonds. The van der Waals surface area contributed by atoms with E-state index in [1.165, 1.54) is 36.3 Å². The summed E-state index contributed by atoms with van der Waals surface area (Å²) in [5.41, 5.74) is 1.08. The number of aromatic nitrogens is 1. The molecule has 8 heteroatoms. The Morgan fingerprint density at radius 3 is 2.64 bits per heavy atom. The van der Waals surface area contributed by atoms with Gasteiger partial charge in [-0.25, -0.2) is 4.98 Å². The monoisotopic (exact) mass is 391 g/mol. The standard InChI is InChI=1S/C17H20F3N3S.ClH/c1-21-14-3-2-8-23(9-14)10-15-11-24-16(22-15)12-4-6-13(7-5-12)17(18,19)20;/h4-7,11,14,21H,2-3,8-10H2,1H3;1H. The molecule has 3 rings (SSSR count). The van der Waals surface area contributed by atoms with Crippen molar-refractivity contribution in [1.29, 1.82) is 0 Å². The molecule has 1 atom stereocenters. The highest BCUT2D eigenvalue weighted by molar-refractivity contribution is 7.13. The van der Waals surface area contributed by atoms with Crippen LogP contribution >= 0.6 is 23.7 Å². The average Bonchev–Trinajstić information content (AvgIpc) is 3.03. The van der Waals surface area contributed by atoms with E-state index in [0.29, 0.717) is 6.04 Å². The van der Waals surface area contributed by atoms with Crippen LogP contribution in [-0.2, 0) is 12.7 Å². The molecule has 25 heavy (non-hydrogen) atoms. The summed E-state index contributed by atoms with van der Waals surface area (Å²) in [4.78, 5) is 6.96. The number of benzene rings is 1. The number of nitrogens with one attached hydrogen (secondary N) is 1.